The molecule has 1 aliphatic rings. The van der Waals surface area contributed by atoms with Gasteiger partial charge in [-0.1, -0.05) is 24.3 Å². The van der Waals surface area contributed by atoms with Crippen LogP contribution in [0.1, 0.15) is 30.0 Å². The summed E-state index contributed by atoms with van der Waals surface area (Å²) in [4.78, 5) is 13.5. The molecule has 0 fully saturated rings. The third-order valence-corrected chi connectivity index (χ3v) is 3.74. The minimum absolute atomic E-state index is 0.114. The predicted octanol–water partition coefficient (Wildman–Crippen LogP) is 2.63. The summed E-state index contributed by atoms with van der Waals surface area (Å²) in [6.07, 6.45) is -2.63. The molecule has 0 aromatic heterocycles. The lowest BCUT2D eigenvalue weighted by Gasteiger charge is -2.30. The molecule has 1 aromatic rings. The lowest BCUT2D eigenvalue weighted by Crippen LogP contribution is -2.45. The smallest absolute Gasteiger partial charge is 0.396 e. The number of rotatable bonds is 5. The highest BCUT2D eigenvalue weighted by Crippen LogP contribution is 2.35. The predicted molar refractivity (Wildman–Crippen MR) is 75.4 cm³/mol. The number of fused-ring (bicyclic) bond motifs is 1. The molecule has 0 unspecified atom stereocenters. The Balaban J connectivity index is 2.11. The summed E-state index contributed by atoms with van der Waals surface area (Å²) in [6, 6.07) is 6.64. The highest BCUT2D eigenvalue weighted by Gasteiger charge is 2.33. The Morgan fingerprint density at radius 1 is 1.36 bits per heavy atom. The van der Waals surface area contributed by atoms with Crippen molar-refractivity contribution in [3.05, 3.63) is 35.4 Å². The van der Waals surface area contributed by atoms with Gasteiger partial charge in [-0.25, -0.2) is 4.79 Å². The van der Waals surface area contributed by atoms with Gasteiger partial charge in [0.1, 0.15) is 6.54 Å². The number of amides is 2. The van der Waals surface area contributed by atoms with Gasteiger partial charge in [0.2, 0.25) is 0 Å². The number of aryl methyl sites for hydroxylation is 1. The Morgan fingerprint density at radius 3 is 2.77 bits per heavy atom. The largest absolute Gasteiger partial charge is 0.405 e. The zero-order chi connectivity index (χ0) is 16.2. The summed E-state index contributed by atoms with van der Waals surface area (Å²) >= 11 is 0. The maximum atomic E-state index is 12.3. The zero-order valence-corrected chi connectivity index (χ0v) is 12.1. The molecular weight excluding hydrogens is 297 g/mol. The van der Waals surface area contributed by atoms with Crippen LogP contribution in [0.25, 0.3) is 0 Å². The summed E-state index contributed by atoms with van der Waals surface area (Å²) in [5.74, 6) is 0. The number of carbonyl (C=O) groups excluding carboxylic acids is 1. The molecule has 1 atom stereocenters. The van der Waals surface area contributed by atoms with Gasteiger partial charge < -0.3 is 15.3 Å². The van der Waals surface area contributed by atoms with E-state index < -0.39 is 18.8 Å². The minimum atomic E-state index is -4.44. The molecule has 0 radical (unpaired) electrons. The third kappa shape index (κ3) is 4.13. The van der Waals surface area contributed by atoms with E-state index in [4.69, 9.17) is 5.11 Å². The van der Waals surface area contributed by atoms with Gasteiger partial charge in [0.15, 0.2) is 0 Å². The molecule has 4 nitrogen and oxygen atoms in total. The van der Waals surface area contributed by atoms with Crippen LogP contribution in [0.3, 0.4) is 0 Å². The van der Waals surface area contributed by atoms with Crippen molar-refractivity contribution in [2.24, 2.45) is 0 Å². The van der Waals surface area contributed by atoms with E-state index in [2.05, 4.69) is 0 Å². The molecule has 0 bridgehead atoms. The second-order valence-electron chi connectivity index (χ2n) is 5.30. The van der Waals surface area contributed by atoms with E-state index in [-0.39, 0.29) is 19.2 Å². The van der Waals surface area contributed by atoms with Gasteiger partial charge in [-0.2, -0.15) is 13.2 Å². The Bertz CT molecular complexity index is 520. The van der Waals surface area contributed by atoms with Crippen LogP contribution >= 0.6 is 0 Å². The van der Waals surface area contributed by atoms with Crippen molar-refractivity contribution in [1.82, 2.24) is 10.2 Å². The molecule has 0 saturated heterocycles. The summed E-state index contributed by atoms with van der Waals surface area (Å²) < 4.78 is 36.8. The van der Waals surface area contributed by atoms with Crippen molar-refractivity contribution >= 4 is 6.03 Å². The SMILES string of the molecule is O=C(NCC(F)(F)F)N(CCCO)[C@@H]1CCc2ccccc21. The third-order valence-electron chi connectivity index (χ3n) is 3.74. The molecular formula is C15H19F3N2O2. The number of benzene rings is 1. The summed E-state index contributed by atoms with van der Waals surface area (Å²) in [7, 11) is 0. The topological polar surface area (TPSA) is 52.6 Å². The van der Waals surface area contributed by atoms with Crippen LogP contribution in [0.5, 0.6) is 0 Å². The van der Waals surface area contributed by atoms with Crippen molar-refractivity contribution in [2.75, 3.05) is 19.7 Å². The van der Waals surface area contributed by atoms with Gasteiger partial charge in [-0.3, -0.25) is 0 Å². The average molecular weight is 316 g/mol. The number of nitrogens with one attached hydrogen (secondary N) is 1. The van der Waals surface area contributed by atoms with Crippen molar-refractivity contribution in [1.29, 1.82) is 0 Å². The zero-order valence-electron chi connectivity index (χ0n) is 12.1. The Hall–Kier alpha value is -1.76. The van der Waals surface area contributed by atoms with Gasteiger partial charge >= 0.3 is 12.2 Å². The molecule has 1 aromatic carbocycles. The first-order valence-corrected chi connectivity index (χ1v) is 7.22. The molecule has 122 valence electrons. The molecule has 1 aliphatic carbocycles. The second-order valence-corrected chi connectivity index (χ2v) is 5.30. The van der Waals surface area contributed by atoms with Crippen LogP contribution < -0.4 is 5.32 Å². The maximum absolute atomic E-state index is 12.3. The van der Waals surface area contributed by atoms with Gasteiger partial charge in [-0.05, 0) is 30.4 Å². The van der Waals surface area contributed by atoms with Crippen molar-refractivity contribution in [3.8, 4) is 0 Å². The van der Waals surface area contributed by atoms with Crippen LogP contribution in [0.15, 0.2) is 24.3 Å². The number of urea groups is 1. The molecule has 7 heteroatoms. The van der Waals surface area contributed by atoms with Gasteiger partial charge in [0, 0.05) is 13.2 Å². The standard InChI is InChI=1S/C15H19F3N2O2/c16-15(17,18)10-19-14(22)20(8-3-9-21)13-7-6-11-4-1-2-5-12(11)13/h1-2,4-5,13,21H,3,6-10H2,(H,19,22)/t13-/m1/s1. The van der Waals surface area contributed by atoms with Crippen molar-refractivity contribution in [3.63, 3.8) is 0 Å². The number of halogens is 3. The summed E-state index contributed by atoms with van der Waals surface area (Å²) in [5.41, 5.74) is 2.09. The fraction of sp³-hybridized carbons (Fsp3) is 0.533. The van der Waals surface area contributed by atoms with Crippen LogP contribution in [0.4, 0.5) is 18.0 Å². The maximum Gasteiger partial charge on any atom is 0.405 e. The minimum Gasteiger partial charge on any atom is -0.396 e. The number of aliphatic hydroxyl groups excluding tert-OH is 1. The van der Waals surface area contributed by atoms with Gasteiger partial charge in [0.05, 0.1) is 6.04 Å². The first-order chi connectivity index (χ1) is 10.4. The van der Waals surface area contributed by atoms with Gasteiger partial charge in [-0.15, -0.1) is 0 Å². The normalized spacial score (nSPS) is 17.2. The number of hydrogen-bond donors (Lipinski definition) is 2. The summed E-state index contributed by atoms with van der Waals surface area (Å²) in [5, 5.41) is 10.9. The highest BCUT2D eigenvalue weighted by molar-refractivity contribution is 5.75. The second kappa shape index (κ2) is 7.00. The van der Waals surface area contributed by atoms with Crippen LogP contribution in [0, 0.1) is 0 Å². The Morgan fingerprint density at radius 2 is 2.09 bits per heavy atom. The number of carbonyl (C=O) groups is 1. The molecule has 2 amide bonds. The lowest BCUT2D eigenvalue weighted by molar-refractivity contribution is -0.123. The van der Waals surface area contributed by atoms with Gasteiger partial charge in [0.25, 0.3) is 0 Å². The number of nitrogens with zero attached hydrogens (tertiary/aromatic N) is 1. The van der Waals surface area contributed by atoms with E-state index in [9.17, 15) is 18.0 Å². The van der Waals surface area contributed by atoms with Crippen molar-refractivity contribution < 1.29 is 23.1 Å². The molecule has 0 spiro atoms. The highest BCUT2D eigenvalue weighted by atomic mass is 19.4. The van der Waals surface area contributed by atoms with E-state index in [0.29, 0.717) is 12.8 Å². The summed E-state index contributed by atoms with van der Waals surface area (Å²) in [6.45, 7) is -1.24. The molecule has 22 heavy (non-hydrogen) atoms. The molecule has 0 heterocycles. The molecule has 2 N–H and O–H groups in total. The molecule has 2 rings (SSSR count). The van der Waals surface area contributed by atoms with Crippen LogP contribution in [-0.4, -0.2) is 41.9 Å². The number of aliphatic hydroxyl groups is 1. The van der Waals surface area contributed by atoms with E-state index in [1.165, 1.54) is 4.90 Å². The van der Waals surface area contributed by atoms with E-state index >= 15 is 0 Å². The lowest BCUT2D eigenvalue weighted by atomic mass is 10.1. The van der Waals surface area contributed by atoms with Crippen LogP contribution in [0.2, 0.25) is 0 Å². The Labute approximate surface area is 126 Å². The molecule has 0 saturated carbocycles. The quantitative estimate of drug-likeness (QED) is 0.877. The fourth-order valence-corrected chi connectivity index (χ4v) is 2.78. The number of alkyl halides is 3. The fourth-order valence-electron chi connectivity index (χ4n) is 2.78. The average Bonchev–Trinajstić information content (AvgIpc) is 2.89. The number of hydrogen-bond acceptors (Lipinski definition) is 2. The van der Waals surface area contributed by atoms with Crippen LogP contribution in [-0.2, 0) is 6.42 Å². The van der Waals surface area contributed by atoms with E-state index in [1.54, 1.807) is 0 Å². The van der Waals surface area contributed by atoms with E-state index in [1.807, 2.05) is 29.6 Å². The first kappa shape index (κ1) is 16.6. The Kier molecular flexibility index (Phi) is 5.28. The molecule has 0 aliphatic heterocycles. The van der Waals surface area contributed by atoms with Crippen molar-refractivity contribution in [2.45, 2.75) is 31.5 Å². The first-order valence-electron chi connectivity index (χ1n) is 7.22. The van der Waals surface area contributed by atoms with E-state index in [0.717, 1.165) is 17.5 Å². The monoisotopic (exact) mass is 316 g/mol.